The van der Waals surface area contributed by atoms with Crippen molar-refractivity contribution in [2.24, 2.45) is 5.11 Å². The van der Waals surface area contributed by atoms with E-state index in [-0.39, 0.29) is 6.10 Å². The molecule has 1 aromatic carbocycles. The van der Waals surface area contributed by atoms with Crippen molar-refractivity contribution in [3.05, 3.63) is 40.3 Å². The number of azide groups is 1. The molecule has 0 saturated carbocycles. The number of hydrogen-bond acceptors (Lipinski definition) is 3. The van der Waals surface area contributed by atoms with Crippen LogP contribution in [0.15, 0.2) is 29.4 Å². The highest BCUT2D eigenvalue weighted by Gasteiger charge is 2.24. The van der Waals surface area contributed by atoms with Gasteiger partial charge in [-0.15, -0.1) is 0 Å². The molecule has 0 bridgehead atoms. The predicted octanol–water partition coefficient (Wildman–Crippen LogP) is 2.68. The summed E-state index contributed by atoms with van der Waals surface area (Å²) in [6.45, 7) is 1.09. The van der Waals surface area contributed by atoms with Gasteiger partial charge in [-0.1, -0.05) is 29.4 Å². The minimum Gasteiger partial charge on any atom is -0.465 e. The van der Waals surface area contributed by atoms with E-state index < -0.39 is 6.09 Å². The van der Waals surface area contributed by atoms with Gasteiger partial charge in [0.25, 0.3) is 0 Å². The van der Waals surface area contributed by atoms with Crippen LogP contribution in [0.2, 0.25) is 0 Å². The van der Waals surface area contributed by atoms with Crippen LogP contribution in [-0.4, -0.2) is 35.8 Å². The van der Waals surface area contributed by atoms with E-state index in [1.165, 1.54) is 4.90 Å². The molecular weight excluding hydrogens is 236 g/mol. The minimum absolute atomic E-state index is 0.269. The maximum atomic E-state index is 10.9. The Morgan fingerprint density at radius 3 is 2.83 bits per heavy atom. The number of rotatable bonds is 2. The van der Waals surface area contributed by atoms with Crippen LogP contribution in [0, 0.1) is 0 Å². The Bertz CT molecular complexity index is 482. The van der Waals surface area contributed by atoms with Crippen molar-refractivity contribution in [3.8, 4) is 0 Å². The van der Waals surface area contributed by atoms with Crippen molar-refractivity contribution in [3.63, 3.8) is 0 Å². The van der Waals surface area contributed by atoms with Crippen molar-refractivity contribution in [2.75, 3.05) is 19.7 Å². The topological polar surface area (TPSA) is 98.5 Å². The van der Waals surface area contributed by atoms with Gasteiger partial charge in [0.05, 0.1) is 13.2 Å². The second kappa shape index (κ2) is 5.39. The minimum atomic E-state index is -0.936. The average molecular weight is 248 g/mol. The first-order chi connectivity index (χ1) is 8.70. The van der Waals surface area contributed by atoms with Crippen LogP contribution in [0.5, 0.6) is 0 Å². The fraction of sp³-hybridized carbons (Fsp3) is 0.364. The van der Waals surface area contributed by atoms with E-state index in [1.807, 2.05) is 0 Å². The smallest absolute Gasteiger partial charge is 0.407 e. The Kier molecular flexibility index (Phi) is 3.66. The molecule has 0 spiro atoms. The van der Waals surface area contributed by atoms with Crippen LogP contribution in [0.4, 0.5) is 10.5 Å². The Morgan fingerprint density at radius 1 is 1.50 bits per heavy atom. The average Bonchev–Trinajstić information content (AvgIpc) is 2.40. The zero-order chi connectivity index (χ0) is 13.0. The van der Waals surface area contributed by atoms with E-state index >= 15 is 0 Å². The lowest BCUT2D eigenvalue weighted by molar-refractivity contribution is -0.0231. The highest BCUT2D eigenvalue weighted by atomic mass is 16.5. The van der Waals surface area contributed by atoms with Gasteiger partial charge in [0.1, 0.15) is 6.10 Å². The summed E-state index contributed by atoms with van der Waals surface area (Å²) >= 11 is 0. The van der Waals surface area contributed by atoms with Gasteiger partial charge in [-0.3, -0.25) is 0 Å². The Balaban J connectivity index is 2.11. The fourth-order valence-corrected chi connectivity index (χ4v) is 1.83. The fourth-order valence-electron chi connectivity index (χ4n) is 1.83. The van der Waals surface area contributed by atoms with Crippen molar-refractivity contribution in [1.29, 1.82) is 0 Å². The molecule has 18 heavy (non-hydrogen) atoms. The first kappa shape index (κ1) is 12.2. The van der Waals surface area contributed by atoms with Gasteiger partial charge in [0.2, 0.25) is 0 Å². The Hall–Kier alpha value is -2.24. The Morgan fingerprint density at radius 2 is 2.22 bits per heavy atom. The van der Waals surface area contributed by atoms with Crippen LogP contribution in [0.25, 0.3) is 10.4 Å². The molecule has 1 atom stereocenters. The van der Waals surface area contributed by atoms with E-state index in [4.69, 9.17) is 15.4 Å². The molecule has 1 aromatic rings. The summed E-state index contributed by atoms with van der Waals surface area (Å²) in [6, 6.07) is 6.91. The first-order valence-electron chi connectivity index (χ1n) is 5.45. The zero-order valence-electron chi connectivity index (χ0n) is 9.56. The van der Waals surface area contributed by atoms with Crippen molar-refractivity contribution < 1.29 is 14.6 Å². The Labute approximate surface area is 103 Å². The molecule has 0 radical (unpaired) electrons. The van der Waals surface area contributed by atoms with Crippen molar-refractivity contribution >= 4 is 11.8 Å². The SMILES string of the molecule is [N-]=[N+]=Nc1ccc(C2CN(C(=O)O)CCO2)cc1. The number of morpholine rings is 1. The van der Waals surface area contributed by atoms with Gasteiger partial charge >= 0.3 is 6.09 Å². The lowest BCUT2D eigenvalue weighted by Crippen LogP contribution is -2.41. The summed E-state index contributed by atoms with van der Waals surface area (Å²) < 4.78 is 5.54. The summed E-state index contributed by atoms with van der Waals surface area (Å²) in [4.78, 5) is 14.9. The van der Waals surface area contributed by atoms with Crippen molar-refractivity contribution in [2.45, 2.75) is 6.10 Å². The van der Waals surface area contributed by atoms with Crippen molar-refractivity contribution in [1.82, 2.24) is 4.90 Å². The molecule has 0 aliphatic carbocycles. The highest BCUT2D eigenvalue weighted by Crippen LogP contribution is 2.24. The number of carbonyl (C=O) groups is 1. The third kappa shape index (κ3) is 2.71. The number of benzene rings is 1. The number of hydrogen-bond donors (Lipinski definition) is 1. The maximum absolute atomic E-state index is 10.9. The van der Waals surface area contributed by atoms with Crippen LogP contribution < -0.4 is 0 Å². The van der Waals surface area contributed by atoms with Crippen LogP contribution in [0.3, 0.4) is 0 Å². The summed E-state index contributed by atoms with van der Waals surface area (Å²) in [5, 5.41) is 12.4. The van der Waals surface area contributed by atoms with Gasteiger partial charge in [0, 0.05) is 17.1 Å². The monoisotopic (exact) mass is 248 g/mol. The second-order valence-electron chi connectivity index (χ2n) is 3.87. The third-order valence-corrected chi connectivity index (χ3v) is 2.76. The molecule has 1 aliphatic rings. The lowest BCUT2D eigenvalue weighted by Gasteiger charge is -2.31. The van der Waals surface area contributed by atoms with Gasteiger partial charge in [0.15, 0.2) is 0 Å². The number of carboxylic acid groups (broad SMARTS) is 1. The molecule has 1 N–H and O–H groups in total. The van der Waals surface area contributed by atoms with E-state index in [0.29, 0.717) is 25.4 Å². The number of amides is 1. The number of ether oxygens (including phenoxy) is 1. The molecule has 7 heteroatoms. The molecule has 0 aromatic heterocycles. The van der Waals surface area contributed by atoms with Gasteiger partial charge in [-0.05, 0) is 11.1 Å². The van der Waals surface area contributed by atoms with Crippen LogP contribution >= 0.6 is 0 Å². The molecule has 1 aliphatic heterocycles. The van der Waals surface area contributed by atoms with Gasteiger partial charge in [-0.25, -0.2) is 4.79 Å². The van der Waals surface area contributed by atoms with E-state index in [2.05, 4.69) is 10.0 Å². The molecule has 94 valence electrons. The standard InChI is InChI=1S/C11H12N4O3/c12-14-13-9-3-1-8(2-4-9)10-7-15(11(16)17)5-6-18-10/h1-4,10H,5-7H2,(H,16,17). The largest absolute Gasteiger partial charge is 0.465 e. The van der Waals surface area contributed by atoms with E-state index in [0.717, 1.165) is 5.56 Å². The van der Waals surface area contributed by atoms with Gasteiger partial charge < -0.3 is 14.7 Å². The molecular formula is C11H12N4O3. The zero-order valence-corrected chi connectivity index (χ0v) is 9.56. The third-order valence-electron chi connectivity index (χ3n) is 2.76. The molecule has 1 amide bonds. The van der Waals surface area contributed by atoms with Gasteiger partial charge in [-0.2, -0.15) is 0 Å². The highest BCUT2D eigenvalue weighted by molar-refractivity contribution is 5.65. The summed E-state index contributed by atoms with van der Waals surface area (Å²) in [5.41, 5.74) is 9.69. The summed E-state index contributed by atoms with van der Waals surface area (Å²) in [6.07, 6.45) is -1.20. The predicted molar refractivity (Wildman–Crippen MR) is 63.5 cm³/mol. The maximum Gasteiger partial charge on any atom is 0.407 e. The normalized spacial score (nSPS) is 19.1. The first-order valence-corrected chi connectivity index (χ1v) is 5.45. The second-order valence-corrected chi connectivity index (χ2v) is 3.87. The molecule has 1 unspecified atom stereocenters. The summed E-state index contributed by atoms with van der Waals surface area (Å²) in [5.74, 6) is 0. The van der Waals surface area contributed by atoms with Crippen LogP contribution in [0.1, 0.15) is 11.7 Å². The van der Waals surface area contributed by atoms with E-state index in [9.17, 15) is 4.79 Å². The number of nitrogens with zero attached hydrogens (tertiary/aromatic N) is 4. The quantitative estimate of drug-likeness (QED) is 0.494. The molecule has 1 fully saturated rings. The molecule has 7 nitrogen and oxygen atoms in total. The van der Waals surface area contributed by atoms with E-state index in [1.54, 1.807) is 24.3 Å². The molecule has 2 rings (SSSR count). The lowest BCUT2D eigenvalue weighted by atomic mass is 10.1. The van der Waals surface area contributed by atoms with Crippen LogP contribution in [-0.2, 0) is 4.74 Å². The molecule has 1 saturated heterocycles. The summed E-state index contributed by atoms with van der Waals surface area (Å²) in [7, 11) is 0. The molecule has 1 heterocycles.